The molecule has 18 heavy (non-hydrogen) atoms. The smallest absolute Gasteiger partial charge is 0.220 e. The molecular formula is C13H17FN2O2. The quantitative estimate of drug-likeness (QED) is 0.724. The molecule has 1 aliphatic heterocycles. The molecule has 1 saturated heterocycles. The first-order chi connectivity index (χ1) is 8.65. The van der Waals surface area contributed by atoms with Gasteiger partial charge in [0.25, 0.3) is 0 Å². The summed E-state index contributed by atoms with van der Waals surface area (Å²) in [5.74, 6) is -0.228. The van der Waals surface area contributed by atoms with E-state index in [1.165, 1.54) is 12.1 Å². The summed E-state index contributed by atoms with van der Waals surface area (Å²) in [5.41, 5.74) is 0.680. The molecular weight excluding hydrogens is 235 g/mol. The van der Waals surface area contributed by atoms with Gasteiger partial charge in [0.05, 0.1) is 6.10 Å². The van der Waals surface area contributed by atoms with Gasteiger partial charge in [-0.15, -0.1) is 0 Å². The van der Waals surface area contributed by atoms with Gasteiger partial charge in [0, 0.05) is 25.6 Å². The lowest BCUT2D eigenvalue weighted by Gasteiger charge is -2.15. The topological polar surface area (TPSA) is 61.4 Å². The van der Waals surface area contributed by atoms with Gasteiger partial charge in [-0.25, -0.2) is 4.39 Å². The van der Waals surface area contributed by atoms with E-state index >= 15 is 0 Å². The maximum Gasteiger partial charge on any atom is 0.220 e. The number of carbonyl (C=O) groups excluding carboxylic acids is 1. The van der Waals surface area contributed by atoms with Crippen molar-refractivity contribution in [3.63, 3.8) is 0 Å². The third kappa shape index (κ3) is 3.51. The number of aliphatic hydroxyl groups is 1. The summed E-state index contributed by atoms with van der Waals surface area (Å²) < 4.78 is 12.7. The molecule has 2 atom stereocenters. The van der Waals surface area contributed by atoms with Crippen molar-refractivity contribution in [2.24, 2.45) is 0 Å². The second kappa shape index (κ2) is 5.93. The van der Waals surface area contributed by atoms with E-state index in [0.29, 0.717) is 25.1 Å². The highest BCUT2D eigenvalue weighted by Gasteiger charge is 2.20. The minimum Gasteiger partial charge on any atom is -0.387 e. The van der Waals surface area contributed by atoms with Crippen molar-refractivity contribution in [1.29, 1.82) is 0 Å². The molecule has 1 aliphatic rings. The van der Waals surface area contributed by atoms with Crippen LogP contribution in [0.3, 0.4) is 0 Å². The Balaban J connectivity index is 1.73. The van der Waals surface area contributed by atoms with Crippen molar-refractivity contribution < 1.29 is 14.3 Å². The van der Waals surface area contributed by atoms with Gasteiger partial charge < -0.3 is 15.7 Å². The number of hydrogen-bond acceptors (Lipinski definition) is 3. The fourth-order valence-corrected chi connectivity index (χ4v) is 2.03. The monoisotopic (exact) mass is 252 g/mol. The fraction of sp³-hybridized carbons (Fsp3) is 0.462. The van der Waals surface area contributed by atoms with Crippen molar-refractivity contribution in [3.8, 4) is 0 Å². The Labute approximate surface area is 105 Å². The number of amides is 1. The maximum absolute atomic E-state index is 12.7. The molecule has 0 saturated carbocycles. The molecule has 1 aromatic rings. The third-order valence-electron chi connectivity index (χ3n) is 3.07. The van der Waals surface area contributed by atoms with Crippen LogP contribution in [0, 0.1) is 5.82 Å². The molecule has 2 rings (SSSR count). The second-order valence-corrected chi connectivity index (χ2v) is 4.53. The number of hydrogen-bond donors (Lipinski definition) is 3. The summed E-state index contributed by atoms with van der Waals surface area (Å²) in [7, 11) is 0. The van der Waals surface area contributed by atoms with Crippen molar-refractivity contribution in [3.05, 3.63) is 35.6 Å². The van der Waals surface area contributed by atoms with Gasteiger partial charge in [0.15, 0.2) is 0 Å². The normalized spacial score (nSPS) is 20.8. The summed E-state index contributed by atoms with van der Waals surface area (Å²) >= 11 is 0. The Kier molecular flexibility index (Phi) is 4.28. The molecule has 1 heterocycles. The minimum absolute atomic E-state index is 0.0842. The van der Waals surface area contributed by atoms with Gasteiger partial charge in [-0.05, 0) is 24.1 Å². The molecule has 1 amide bonds. The van der Waals surface area contributed by atoms with Gasteiger partial charge in [0.2, 0.25) is 5.91 Å². The van der Waals surface area contributed by atoms with Gasteiger partial charge in [0.1, 0.15) is 5.82 Å². The number of aliphatic hydroxyl groups excluding tert-OH is 1. The molecule has 98 valence electrons. The van der Waals surface area contributed by atoms with E-state index in [-0.39, 0.29) is 17.8 Å². The number of nitrogens with one attached hydrogen (secondary N) is 2. The zero-order chi connectivity index (χ0) is 13.0. The standard InChI is InChI=1S/C13H17FN2O2/c14-10-3-1-9(2-4-10)12(17)8-15-7-11-5-6-13(18)16-11/h1-4,11-12,15,17H,5-8H2,(H,16,18). The third-order valence-corrected chi connectivity index (χ3v) is 3.07. The van der Waals surface area contributed by atoms with Crippen LogP contribution >= 0.6 is 0 Å². The minimum atomic E-state index is -0.664. The SMILES string of the molecule is O=C1CCC(CNCC(O)c2ccc(F)cc2)N1. The molecule has 1 aromatic carbocycles. The van der Waals surface area contributed by atoms with E-state index in [1.54, 1.807) is 12.1 Å². The van der Waals surface area contributed by atoms with Gasteiger partial charge in [-0.2, -0.15) is 0 Å². The molecule has 3 N–H and O–H groups in total. The predicted octanol–water partition coefficient (Wildman–Crippen LogP) is 0.727. The highest BCUT2D eigenvalue weighted by molar-refractivity contribution is 5.78. The number of benzene rings is 1. The van der Waals surface area contributed by atoms with E-state index < -0.39 is 6.10 Å². The van der Waals surface area contributed by atoms with Crippen LogP contribution in [-0.2, 0) is 4.79 Å². The van der Waals surface area contributed by atoms with Crippen molar-refractivity contribution in [2.45, 2.75) is 25.0 Å². The lowest BCUT2D eigenvalue weighted by molar-refractivity contribution is -0.119. The molecule has 0 aliphatic carbocycles. The average molecular weight is 252 g/mol. The van der Waals surface area contributed by atoms with E-state index in [2.05, 4.69) is 10.6 Å². The molecule has 0 aromatic heterocycles. The Morgan fingerprint density at radius 3 is 2.78 bits per heavy atom. The first-order valence-corrected chi connectivity index (χ1v) is 6.09. The molecule has 5 heteroatoms. The van der Waals surface area contributed by atoms with Crippen LogP contribution in [0.2, 0.25) is 0 Å². The zero-order valence-electron chi connectivity index (χ0n) is 10.0. The van der Waals surface area contributed by atoms with Crippen molar-refractivity contribution in [2.75, 3.05) is 13.1 Å². The van der Waals surface area contributed by atoms with Gasteiger partial charge in [-0.1, -0.05) is 12.1 Å². The Morgan fingerprint density at radius 1 is 1.44 bits per heavy atom. The largest absolute Gasteiger partial charge is 0.387 e. The molecule has 0 bridgehead atoms. The Hall–Kier alpha value is -1.46. The van der Waals surface area contributed by atoms with Crippen LogP contribution in [0.1, 0.15) is 24.5 Å². The van der Waals surface area contributed by atoms with E-state index in [0.717, 1.165) is 6.42 Å². The summed E-state index contributed by atoms with van der Waals surface area (Å²) in [6.07, 6.45) is 0.744. The van der Waals surface area contributed by atoms with Crippen LogP contribution in [-0.4, -0.2) is 30.1 Å². The van der Waals surface area contributed by atoms with Crippen LogP contribution in [0.25, 0.3) is 0 Å². The van der Waals surface area contributed by atoms with Crippen LogP contribution in [0.15, 0.2) is 24.3 Å². The van der Waals surface area contributed by atoms with Crippen LogP contribution in [0.4, 0.5) is 4.39 Å². The molecule has 0 spiro atoms. The first-order valence-electron chi connectivity index (χ1n) is 6.09. The van der Waals surface area contributed by atoms with Crippen molar-refractivity contribution >= 4 is 5.91 Å². The predicted molar refractivity (Wildman–Crippen MR) is 65.4 cm³/mol. The average Bonchev–Trinajstić information content (AvgIpc) is 2.76. The highest BCUT2D eigenvalue weighted by atomic mass is 19.1. The summed E-state index contributed by atoms with van der Waals surface area (Å²) in [5, 5.41) is 15.8. The van der Waals surface area contributed by atoms with E-state index in [4.69, 9.17) is 0 Å². The molecule has 4 nitrogen and oxygen atoms in total. The Bertz CT molecular complexity index is 408. The summed E-state index contributed by atoms with van der Waals surface area (Å²) in [6, 6.07) is 5.95. The fourth-order valence-electron chi connectivity index (χ4n) is 2.03. The number of carbonyl (C=O) groups is 1. The lowest BCUT2D eigenvalue weighted by atomic mass is 10.1. The summed E-state index contributed by atoms with van der Waals surface area (Å²) in [6.45, 7) is 1.03. The number of rotatable bonds is 5. The van der Waals surface area contributed by atoms with Crippen molar-refractivity contribution in [1.82, 2.24) is 10.6 Å². The lowest BCUT2D eigenvalue weighted by Crippen LogP contribution is -2.37. The molecule has 1 fully saturated rings. The summed E-state index contributed by atoms with van der Waals surface area (Å²) in [4.78, 5) is 11.0. The zero-order valence-corrected chi connectivity index (χ0v) is 10.0. The van der Waals surface area contributed by atoms with Crippen LogP contribution in [0.5, 0.6) is 0 Å². The Morgan fingerprint density at radius 2 is 2.17 bits per heavy atom. The van der Waals surface area contributed by atoms with Gasteiger partial charge >= 0.3 is 0 Å². The van der Waals surface area contributed by atoms with Gasteiger partial charge in [-0.3, -0.25) is 4.79 Å². The van der Waals surface area contributed by atoms with E-state index in [1.807, 2.05) is 0 Å². The molecule has 2 unspecified atom stereocenters. The van der Waals surface area contributed by atoms with Crippen LogP contribution < -0.4 is 10.6 Å². The van der Waals surface area contributed by atoms with E-state index in [9.17, 15) is 14.3 Å². The molecule has 0 radical (unpaired) electrons. The second-order valence-electron chi connectivity index (χ2n) is 4.53. The maximum atomic E-state index is 12.7. The first kappa shape index (κ1) is 13.0. The number of halogens is 1. The highest BCUT2D eigenvalue weighted by Crippen LogP contribution is 2.12.